The second-order valence-electron chi connectivity index (χ2n) is 3.96. The summed E-state index contributed by atoms with van der Waals surface area (Å²) >= 11 is 1.66. The van der Waals surface area contributed by atoms with E-state index in [-0.39, 0.29) is 5.91 Å². The minimum Gasteiger partial charge on any atom is -0.353 e. The number of hydrogen-bond acceptors (Lipinski definition) is 4. The third-order valence-corrected chi connectivity index (χ3v) is 3.19. The lowest BCUT2D eigenvalue weighted by Gasteiger charge is -2.14. The summed E-state index contributed by atoms with van der Waals surface area (Å²) in [7, 11) is 2.00. The van der Waals surface area contributed by atoms with E-state index in [1.165, 1.54) is 0 Å². The van der Waals surface area contributed by atoms with Crippen molar-refractivity contribution in [2.45, 2.75) is 19.9 Å². The van der Waals surface area contributed by atoms with Gasteiger partial charge in [-0.05, 0) is 14.0 Å². The second kappa shape index (κ2) is 7.19. The molecule has 1 N–H and O–H groups in total. The summed E-state index contributed by atoms with van der Waals surface area (Å²) in [6.45, 7) is 7.62. The smallest absolute Gasteiger partial charge is 0.221 e. The molecule has 0 aliphatic heterocycles. The first-order valence-electron chi connectivity index (χ1n) is 5.59. The van der Waals surface area contributed by atoms with Crippen LogP contribution in [0, 0.1) is 6.92 Å². The summed E-state index contributed by atoms with van der Waals surface area (Å²) in [5.74, 6) is 0.0621. The van der Waals surface area contributed by atoms with Crippen molar-refractivity contribution < 1.29 is 4.79 Å². The van der Waals surface area contributed by atoms with Crippen molar-refractivity contribution in [3.05, 3.63) is 28.7 Å². The van der Waals surface area contributed by atoms with Crippen LogP contribution in [0.3, 0.4) is 0 Å². The lowest BCUT2D eigenvalue weighted by atomic mass is 10.3. The highest BCUT2D eigenvalue weighted by atomic mass is 32.1. The first kappa shape index (κ1) is 13.9. The van der Waals surface area contributed by atoms with Gasteiger partial charge < -0.3 is 5.32 Å². The van der Waals surface area contributed by atoms with Crippen LogP contribution in [0.25, 0.3) is 0 Å². The van der Waals surface area contributed by atoms with E-state index in [4.69, 9.17) is 0 Å². The fraction of sp³-hybridized carbons (Fsp3) is 0.500. The van der Waals surface area contributed by atoms with Crippen LogP contribution in [0.15, 0.2) is 18.0 Å². The van der Waals surface area contributed by atoms with Gasteiger partial charge in [0.2, 0.25) is 5.91 Å². The maximum Gasteiger partial charge on any atom is 0.221 e. The van der Waals surface area contributed by atoms with Crippen LogP contribution in [-0.2, 0) is 11.3 Å². The number of rotatable bonds is 7. The van der Waals surface area contributed by atoms with Gasteiger partial charge in [-0.15, -0.1) is 17.9 Å². The molecule has 1 amide bonds. The number of nitrogens with one attached hydrogen (secondary N) is 1. The number of carbonyl (C=O) groups excluding carboxylic acids is 1. The van der Waals surface area contributed by atoms with E-state index < -0.39 is 0 Å². The van der Waals surface area contributed by atoms with Gasteiger partial charge >= 0.3 is 0 Å². The number of nitrogens with zero attached hydrogens (tertiary/aromatic N) is 2. The molecule has 0 spiro atoms. The molecule has 0 bridgehead atoms. The minimum atomic E-state index is 0.0621. The molecule has 94 valence electrons. The van der Waals surface area contributed by atoms with Crippen molar-refractivity contribution in [1.82, 2.24) is 15.2 Å². The molecular weight excluding hydrogens is 234 g/mol. The third-order valence-electron chi connectivity index (χ3n) is 2.24. The van der Waals surface area contributed by atoms with Gasteiger partial charge in [0.25, 0.3) is 0 Å². The average Bonchev–Trinajstić information content (AvgIpc) is 2.69. The van der Waals surface area contributed by atoms with Crippen LogP contribution in [0.5, 0.6) is 0 Å². The monoisotopic (exact) mass is 253 g/mol. The topological polar surface area (TPSA) is 45.2 Å². The summed E-state index contributed by atoms with van der Waals surface area (Å²) in [5, 5.41) is 5.89. The molecule has 0 aromatic carbocycles. The van der Waals surface area contributed by atoms with Gasteiger partial charge in [0.1, 0.15) is 5.01 Å². The molecule has 1 aromatic heterocycles. The fourth-order valence-corrected chi connectivity index (χ4v) is 2.20. The van der Waals surface area contributed by atoms with E-state index in [1.807, 2.05) is 19.4 Å². The van der Waals surface area contributed by atoms with Crippen LogP contribution in [0.1, 0.15) is 17.1 Å². The molecule has 1 heterocycles. The van der Waals surface area contributed by atoms with Crippen LogP contribution >= 0.6 is 11.3 Å². The van der Waals surface area contributed by atoms with E-state index in [0.717, 1.165) is 23.8 Å². The van der Waals surface area contributed by atoms with Crippen LogP contribution < -0.4 is 5.32 Å². The Morgan fingerprint density at radius 2 is 2.47 bits per heavy atom. The summed E-state index contributed by atoms with van der Waals surface area (Å²) in [5.41, 5.74) is 1.06. The molecule has 0 unspecified atom stereocenters. The highest BCUT2D eigenvalue weighted by molar-refractivity contribution is 7.09. The number of aromatic nitrogens is 1. The van der Waals surface area contributed by atoms with Gasteiger partial charge in [-0.2, -0.15) is 0 Å². The van der Waals surface area contributed by atoms with E-state index in [1.54, 1.807) is 17.4 Å². The maximum absolute atomic E-state index is 11.4. The second-order valence-corrected chi connectivity index (χ2v) is 4.91. The molecule has 0 atom stereocenters. The SMILES string of the molecule is C=CCNC(=O)CCN(C)Cc1nc(C)cs1. The van der Waals surface area contributed by atoms with Gasteiger partial charge in [-0.1, -0.05) is 6.08 Å². The largest absolute Gasteiger partial charge is 0.353 e. The number of hydrogen-bond donors (Lipinski definition) is 1. The summed E-state index contributed by atoms with van der Waals surface area (Å²) in [6, 6.07) is 0. The molecule has 0 saturated heterocycles. The lowest BCUT2D eigenvalue weighted by molar-refractivity contribution is -0.121. The van der Waals surface area contributed by atoms with Crippen LogP contribution in [0.4, 0.5) is 0 Å². The first-order valence-corrected chi connectivity index (χ1v) is 6.47. The summed E-state index contributed by atoms with van der Waals surface area (Å²) in [4.78, 5) is 17.9. The summed E-state index contributed by atoms with van der Waals surface area (Å²) in [6.07, 6.45) is 2.19. The number of carbonyl (C=O) groups is 1. The Morgan fingerprint density at radius 1 is 1.71 bits per heavy atom. The van der Waals surface area contributed by atoms with Crippen molar-refractivity contribution in [2.24, 2.45) is 0 Å². The standard InChI is InChI=1S/C12H19N3OS/c1-4-6-13-11(16)5-7-15(3)8-12-14-10(2)9-17-12/h4,9H,1,5-8H2,2-3H3,(H,13,16). The Kier molecular flexibility index (Phi) is 5.86. The van der Waals surface area contributed by atoms with Crippen molar-refractivity contribution in [3.63, 3.8) is 0 Å². The molecule has 1 rings (SSSR count). The van der Waals surface area contributed by atoms with Crippen LogP contribution in [0.2, 0.25) is 0 Å². The predicted molar refractivity (Wildman–Crippen MR) is 71.0 cm³/mol. The highest BCUT2D eigenvalue weighted by Gasteiger charge is 2.06. The normalized spacial score (nSPS) is 10.5. The fourth-order valence-electron chi connectivity index (χ4n) is 1.35. The molecule has 17 heavy (non-hydrogen) atoms. The Hall–Kier alpha value is -1.20. The van der Waals surface area contributed by atoms with Gasteiger partial charge in [0.15, 0.2) is 0 Å². The van der Waals surface area contributed by atoms with E-state index in [9.17, 15) is 4.79 Å². The molecule has 4 nitrogen and oxygen atoms in total. The molecule has 0 radical (unpaired) electrons. The Balaban J connectivity index is 2.23. The Labute approximate surface area is 106 Å². The maximum atomic E-state index is 11.4. The predicted octanol–water partition coefficient (Wildman–Crippen LogP) is 1.58. The number of aryl methyl sites for hydroxylation is 1. The lowest BCUT2D eigenvalue weighted by Crippen LogP contribution is -2.28. The van der Waals surface area contributed by atoms with Gasteiger partial charge in [-0.25, -0.2) is 4.98 Å². The van der Waals surface area contributed by atoms with E-state index in [0.29, 0.717) is 13.0 Å². The quantitative estimate of drug-likeness (QED) is 0.750. The van der Waals surface area contributed by atoms with Crippen molar-refractivity contribution in [1.29, 1.82) is 0 Å². The van der Waals surface area contributed by atoms with Gasteiger partial charge in [0.05, 0.1) is 6.54 Å². The molecule has 0 saturated carbocycles. The van der Waals surface area contributed by atoms with Crippen molar-refractivity contribution in [2.75, 3.05) is 20.1 Å². The van der Waals surface area contributed by atoms with E-state index in [2.05, 4.69) is 21.8 Å². The summed E-state index contributed by atoms with van der Waals surface area (Å²) < 4.78 is 0. The number of amides is 1. The average molecular weight is 253 g/mol. The van der Waals surface area contributed by atoms with E-state index >= 15 is 0 Å². The van der Waals surface area contributed by atoms with Crippen molar-refractivity contribution >= 4 is 17.2 Å². The Bertz CT molecular complexity index is 376. The van der Waals surface area contributed by atoms with Gasteiger partial charge in [0, 0.05) is 30.6 Å². The van der Waals surface area contributed by atoms with Crippen LogP contribution in [-0.4, -0.2) is 35.9 Å². The van der Waals surface area contributed by atoms with Gasteiger partial charge in [-0.3, -0.25) is 9.69 Å². The first-order chi connectivity index (χ1) is 8.11. The highest BCUT2D eigenvalue weighted by Crippen LogP contribution is 2.10. The zero-order chi connectivity index (χ0) is 12.7. The molecular formula is C12H19N3OS. The number of thiazole rings is 1. The molecule has 0 fully saturated rings. The molecule has 5 heteroatoms. The molecule has 1 aromatic rings. The zero-order valence-corrected chi connectivity index (χ0v) is 11.2. The van der Waals surface area contributed by atoms with Crippen molar-refractivity contribution in [3.8, 4) is 0 Å². The molecule has 0 aliphatic rings. The minimum absolute atomic E-state index is 0.0621. The third kappa shape index (κ3) is 5.60. The molecule has 0 aliphatic carbocycles. The zero-order valence-electron chi connectivity index (χ0n) is 10.4. The Morgan fingerprint density at radius 3 is 3.06 bits per heavy atom.